The predicted octanol–water partition coefficient (Wildman–Crippen LogP) is 0.736. The number of aromatic nitrogens is 1. The van der Waals surface area contributed by atoms with E-state index in [0.29, 0.717) is 42.6 Å². The fourth-order valence-electron chi connectivity index (χ4n) is 7.25. The fraction of sp³-hybridized carbons (Fsp3) is 0.467. The first-order valence-corrected chi connectivity index (χ1v) is 14.7. The second-order valence-corrected chi connectivity index (χ2v) is 13.0. The molecule has 2 aromatic carbocycles. The van der Waals surface area contributed by atoms with E-state index < -0.39 is 26.9 Å². The van der Waals surface area contributed by atoms with Crippen molar-refractivity contribution in [2.24, 2.45) is 0 Å². The molecule has 2 aliphatic heterocycles. The molecule has 2 saturated heterocycles. The molecule has 3 aromatic rings. The first-order valence-electron chi connectivity index (χ1n) is 14.7. The number of H-pyrrole nitrogens is 1. The van der Waals surface area contributed by atoms with Gasteiger partial charge >= 0.3 is 0 Å². The van der Waals surface area contributed by atoms with E-state index in [1.54, 1.807) is 12.1 Å². The predicted molar refractivity (Wildman–Crippen MR) is 180 cm³/mol. The summed E-state index contributed by atoms with van der Waals surface area (Å²) in [7, 11) is 50.1. The third-order valence-corrected chi connectivity index (χ3v) is 9.85. The first-order chi connectivity index (χ1) is 20.4. The van der Waals surface area contributed by atoms with Crippen LogP contribution in [0.5, 0.6) is 0 Å². The fourth-order valence-corrected chi connectivity index (χ4v) is 7.25. The molecule has 2 fully saturated rings. The average molecular weight is 561 g/mol. The van der Waals surface area contributed by atoms with E-state index >= 15 is 0 Å². The number of benzene rings is 2. The topological polar surface area (TPSA) is 72.4 Å². The minimum Gasteiger partial charge on any atom is -0.406 e. The van der Waals surface area contributed by atoms with Crippen molar-refractivity contribution >= 4 is 85.1 Å². The number of fused-ring (bicyclic) bond motifs is 4. The number of carbonyl (C=O) groups excluding carboxylic acids is 1. The molecule has 3 aliphatic rings. The Hall–Kier alpha value is -2.62. The Morgan fingerprint density at radius 2 is 1.59 bits per heavy atom. The Morgan fingerprint density at radius 1 is 0.977 bits per heavy atom. The molecule has 0 spiro atoms. The van der Waals surface area contributed by atoms with Gasteiger partial charge in [0.15, 0.2) is 5.78 Å². The van der Waals surface area contributed by atoms with Crippen LogP contribution in [0.4, 0.5) is 5.69 Å². The number of nitrogens with zero attached hydrogens (tertiary/aromatic N) is 3. The molecular weight excluding hydrogens is 535 g/mol. The number of hydrogen-bond donors (Lipinski definition) is 1. The van der Waals surface area contributed by atoms with Crippen molar-refractivity contribution in [1.29, 1.82) is 5.26 Å². The molecule has 0 saturated carbocycles. The van der Waals surface area contributed by atoms with Crippen LogP contribution in [-0.4, -0.2) is 119 Å². The van der Waals surface area contributed by atoms with Crippen LogP contribution in [0.1, 0.15) is 71.9 Å². The summed E-state index contributed by atoms with van der Waals surface area (Å²) in [4.78, 5) is 21.2. The van der Waals surface area contributed by atoms with E-state index in [2.05, 4.69) is 42.8 Å². The van der Waals surface area contributed by atoms with Crippen molar-refractivity contribution in [1.82, 2.24) is 9.88 Å². The number of aromatic amines is 1. The SMILES string of the molecule is [B]C1([B])OC([B])([B])C([B])([B])N(C2CCN(c3cc4c(cc3CC)C(=O)c3c([nH]c5cc(C#N)ccc35)C4(C)C)CC2)C1([B])[B]. The normalized spacial score (nSPS) is 23.5. The van der Waals surface area contributed by atoms with Gasteiger partial charge in [0.25, 0.3) is 0 Å². The van der Waals surface area contributed by atoms with Crippen molar-refractivity contribution in [2.45, 2.75) is 73.0 Å². The molecule has 44 heavy (non-hydrogen) atoms. The highest BCUT2D eigenvalue weighted by Crippen LogP contribution is 2.47. The molecule has 16 radical (unpaired) electrons. The second-order valence-electron chi connectivity index (χ2n) is 13.0. The Labute approximate surface area is 270 Å². The highest BCUT2D eigenvalue weighted by molar-refractivity contribution is 6.59. The van der Waals surface area contributed by atoms with Gasteiger partial charge in [0, 0.05) is 52.4 Å². The summed E-state index contributed by atoms with van der Waals surface area (Å²) < 4.78 is 5.38. The van der Waals surface area contributed by atoms with Gasteiger partial charge in [0.1, 0.15) is 0 Å². The Kier molecular flexibility index (Phi) is 7.08. The van der Waals surface area contributed by atoms with Gasteiger partial charge in [0.05, 0.1) is 80.0 Å². The monoisotopic (exact) mass is 562 g/mol. The zero-order valence-corrected chi connectivity index (χ0v) is 25.3. The standard InChI is InChI=1S/C30H26B8N4O2/c1-4-16-12-19-20(26(2,3)25-23(24(19)43)18-6-5-15(14-39)11-21(18)40-25)13-22(16)41-9-7-17(8-10-41)42-27(31,32)29(35,36)44-30(37,38)28(42,33)34/h5-6,11-13,17,40H,4,7-10H2,1-3H3. The molecule has 14 heteroatoms. The number of morpholine rings is 1. The van der Waals surface area contributed by atoms with Crippen LogP contribution in [0.2, 0.25) is 0 Å². The molecule has 0 unspecified atom stereocenters. The molecule has 1 aliphatic carbocycles. The molecule has 0 atom stereocenters. The van der Waals surface area contributed by atoms with Crippen molar-refractivity contribution in [3.63, 3.8) is 0 Å². The quantitative estimate of drug-likeness (QED) is 0.479. The van der Waals surface area contributed by atoms with Crippen LogP contribution in [0, 0.1) is 11.3 Å². The third kappa shape index (κ3) is 4.28. The zero-order valence-electron chi connectivity index (χ0n) is 25.3. The lowest BCUT2D eigenvalue weighted by atomic mass is 9.30. The summed E-state index contributed by atoms with van der Waals surface area (Å²) in [6, 6.07) is 11.4. The number of nitrogens with one attached hydrogen (secondary N) is 1. The summed E-state index contributed by atoms with van der Waals surface area (Å²) in [5.41, 5.74) is 6.01. The lowest BCUT2D eigenvalue weighted by Crippen LogP contribution is -2.87. The van der Waals surface area contributed by atoms with Crippen LogP contribution in [0.25, 0.3) is 10.9 Å². The van der Waals surface area contributed by atoms with Gasteiger partial charge in [0.2, 0.25) is 0 Å². The molecule has 0 bridgehead atoms. The lowest BCUT2D eigenvalue weighted by molar-refractivity contribution is -0.128. The van der Waals surface area contributed by atoms with Crippen LogP contribution in [0.15, 0.2) is 30.3 Å². The summed E-state index contributed by atoms with van der Waals surface area (Å²) in [6.07, 6.45) is 1.80. The van der Waals surface area contributed by atoms with Gasteiger partial charge in [-0.05, 0) is 76.1 Å². The van der Waals surface area contributed by atoms with E-state index in [-0.39, 0.29) is 11.8 Å². The molecule has 6 nitrogen and oxygen atoms in total. The Bertz CT molecular complexity index is 1710. The van der Waals surface area contributed by atoms with Crippen LogP contribution >= 0.6 is 0 Å². The maximum Gasteiger partial charge on any atom is 0.195 e. The minimum absolute atomic E-state index is 0.0267. The number of anilines is 1. The number of carbonyl (C=O) groups is 1. The highest BCUT2D eigenvalue weighted by Gasteiger charge is 2.58. The van der Waals surface area contributed by atoms with Gasteiger partial charge in [-0.1, -0.05) is 26.8 Å². The summed E-state index contributed by atoms with van der Waals surface area (Å²) in [6.45, 7) is 7.48. The minimum atomic E-state index is -2.14. The molecule has 3 heterocycles. The lowest BCUT2D eigenvalue weighted by Gasteiger charge is -2.72. The Morgan fingerprint density at radius 3 is 2.16 bits per heavy atom. The number of nitriles is 1. The van der Waals surface area contributed by atoms with Crippen molar-refractivity contribution in [3.05, 3.63) is 63.8 Å². The smallest absolute Gasteiger partial charge is 0.195 e. The Balaban J connectivity index is 1.35. The summed E-state index contributed by atoms with van der Waals surface area (Å²) in [5, 5.41) is 1.98. The maximum atomic E-state index is 14.0. The number of aryl methyl sites for hydroxylation is 1. The molecule has 202 valence electrons. The van der Waals surface area contributed by atoms with Crippen LogP contribution < -0.4 is 4.90 Å². The summed E-state index contributed by atoms with van der Waals surface area (Å²) >= 11 is 0. The number of piperidine rings is 1. The molecule has 0 amide bonds. The number of hydrogen-bond acceptors (Lipinski definition) is 5. The number of ketones is 1. The third-order valence-electron chi connectivity index (χ3n) is 9.85. The van der Waals surface area contributed by atoms with E-state index in [9.17, 15) is 10.1 Å². The number of ether oxygens (including phenoxy) is 1. The van der Waals surface area contributed by atoms with E-state index in [4.69, 9.17) is 67.5 Å². The van der Waals surface area contributed by atoms with Gasteiger partial charge in [-0.25, -0.2) is 0 Å². The first kappa shape index (κ1) is 31.4. The van der Waals surface area contributed by atoms with E-state index in [0.717, 1.165) is 39.8 Å². The molecule has 1 aromatic heterocycles. The largest absolute Gasteiger partial charge is 0.406 e. The van der Waals surface area contributed by atoms with Crippen molar-refractivity contribution in [3.8, 4) is 6.07 Å². The van der Waals surface area contributed by atoms with Crippen LogP contribution in [0.3, 0.4) is 0 Å². The van der Waals surface area contributed by atoms with E-state index in [1.807, 2.05) is 12.1 Å². The zero-order chi connectivity index (χ0) is 32.2. The van der Waals surface area contributed by atoms with Gasteiger partial charge in [-0.3, -0.25) is 4.79 Å². The molecular formula is C30H26B8N4O2. The second kappa shape index (κ2) is 9.94. The molecule has 6 rings (SSSR count). The summed E-state index contributed by atoms with van der Waals surface area (Å²) in [5.74, 6) is -0.0267. The maximum absolute atomic E-state index is 14.0. The molecule has 1 N–H and O–H groups in total. The van der Waals surface area contributed by atoms with Gasteiger partial charge < -0.3 is 19.5 Å². The van der Waals surface area contributed by atoms with Crippen molar-refractivity contribution < 1.29 is 9.53 Å². The van der Waals surface area contributed by atoms with Gasteiger partial charge in [-0.15, -0.1) is 0 Å². The van der Waals surface area contributed by atoms with Gasteiger partial charge in [-0.2, -0.15) is 5.26 Å². The average Bonchev–Trinajstić information content (AvgIpc) is 3.34. The van der Waals surface area contributed by atoms with Crippen molar-refractivity contribution in [2.75, 3.05) is 18.0 Å². The highest BCUT2D eigenvalue weighted by atomic mass is 16.5. The van der Waals surface area contributed by atoms with E-state index in [1.165, 1.54) is 4.90 Å². The number of rotatable bonds is 3. The van der Waals surface area contributed by atoms with Crippen LogP contribution in [-0.2, 0) is 16.6 Å².